The zero-order valence-electron chi connectivity index (χ0n) is 9.18. The van der Waals surface area contributed by atoms with Gasteiger partial charge in [-0.25, -0.2) is 0 Å². The van der Waals surface area contributed by atoms with Crippen molar-refractivity contribution in [3.63, 3.8) is 0 Å². The second-order valence-electron chi connectivity index (χ2n) is 4.81. The highest BCUT2D eigenvalue weighted by Gasteiger charge is 2.52. The van der Waals surface area contributed by atoms with E-state index in [1.807, 2.05) is 0 Å². The van der Waals surface area contributed by atoms with Crippen LogP contribution in [0, 0.1) is 11.8 Å². The van der Waals surface area contributed by atoms with Crippen molar-refractivity contribution in [2.75, 3.05) is 0 Å². The Morgan fingerprint density at radius 3 is 2.69 bits per heavy atom. The molecule has 13 heavy (non-hydrogen) atoms. The van der Waals surface area contributed by atoms with Gasteiger partial charge < -0.3 is 4.74 Å². The van der Waals surface area contributed by atoms with E-state index >= 15 is 0 Å². The van der Waals surface area contributed by atoms with Gasteiger partial charge in [-0.2, -0.15) is 0 Å². The summed E-state index contributed by atoms with van der Waals surface area (Å²) in [5.41, 5.74) is 0.275. The average Bonchev–Trinajstić information content (AvgIpc) is 2.30. The molecule has 1 aliphatic heterocycles. The molecule has 1 saturated carbocycles. The molecule has 4 unspecified atom stereocenters. The third-order valence-corrected chi connectivity index (χ3v) is 4.39. The number of hydrogen-bond donors (Lipinski definition) is 0. The topological polar surface area (TPSA) is 9.23 Å². The monoisotopic (exact) mass is 182 g/mol. The van der Waals surface area contributed by atoms with Crippen molar-refractivity contribution in [3.05, 3.63) is 0 Å². The van der Waals surface area contributed by atoms with Crippen molar-refractivity contribution < 1.29 is 4.74 Å². The van der Waals surface area contributed by atoms with Crippen molar-refractivity contribution in [1.82, 2.24) is 0 Å². The molecule has 1 saturated heterocycles. The van der Waals surface area contributed by atoms with Crippen molar-refractivity contribution in [2.24, 2.45) is 11.8 Å². The third kappa shape index (κ3) is 1.24. The van der Waals surface area contributed by atoms with Crippen molar-refractivity contribution in [3.8, 4) is 0 Å². The summed E-state index contributed by atoms with van der Waals surface area (Å²) in [5, 5.41) is 0. The smallest absolute Gasteiger partial charge is 0.0715 e. The molecule has 0 aromatic carbocycles. The fraction of sp³-hybridized carbons (Fsp3) is 1.00. The summed E-state index contributed by atoms with van der Waals surface area (Å²) in [4.78, 5) is 0. The summed E-state index contributed by atoms with van der Waals surface area (Å²) >= 11 is 0. The van der Waals surface area contributed by atoms with E-state index in [4.69, 9.17) is 4.74 Å². The summed E-state index contributed by atoms with van der Waals surface area (Å²) in [6.07, 6.45) is 7.14. The lowest BCUT2D eigenvalue weighted by Crippen LogP contribution is -2.38. The van der Waals surface area contributed by atoms with Gasteiger partial charge in [0.15, 0.2) is 0 Å². The average molecular weight is 182 g/mol. The summed E-state index contributed by atoms with van der Waals surface area (Å²) in [5.74, 6) is 1.71. The van der Waals surface area contributed by atoms with Crippen LogP contribution in [0.25, 0.3) is 0 Å². The fourth-order valence-electron chi connectivity index (χ4n) is 3.78. The zero-order valence-corrected chi connectivity index (χ0v) is 9.18. The molecule has 1 nitrogen and oxygen atoms in total. The van der Waals surface area contributed by atoms with Crippen molar-refractivity contribution in [1.29, 1.82) is 0 Å². The third-order valence-electron chi connectivity index (χ3n) is 4.39. The van der Waals surface area contributed by atoms with Crippen molar-refractivity contribution in [2.45, 2.75) is 64.6 Å². The highest BCUT2D eigenvalue weighted by Crippen LogP contribution is 2.52. The Morgan fingerprint density at radius 1 is 1.38 bits per heavy atom. The van der Waals surface area contributed by atoms with Gasteiger partial charge in [0, 0.05) is 0 Å². The Labute approximate surface area is 81.9 Å². The largest absolute Gasteiger partial charge is 0.371 e. The van der Waals surface area contributed by atoms with Crippen LogP contribution in [0.5, 0.6) is 0 Å². The van der Waals surface area contributed by atoms with Crippen LogP contribution in [-0.2, 0) is 4.74 Å². The molecule has 1 heterocycles. The second kappa shape index (κ2) is 3.27. The van der Waals surface area contributed by atoms with Crippen LogP contribution in [0.2, 0.25) is 0 Å². The van der Waals surface area contributed by atoms with Crippen LogP contribution in [0.1, 0.15) is 52.9 Å². The lowest BCUT2D eigenvalue weighted by molar-refractivity contribution is -0.0611. The quantitative estimate of drug-likeness (QED) is 0.636. The van der Waals surface area contributed by atoms with E-state index in [1.165, 1.54) is 32.1 Å². The Hall–Kier alpha value is -0.0400. The molecular weight excluding hydrogens is 160 g/mol. The molecule has 0 amide bonds. The molecule has 0 spiro atoms. The lowest BCUT2D eigenvalue weighted by atomic mass is 9.68. The maximum Gasteiger partial charge on any atom is 0.0715 e. The molecule has 2 aliphatic rings. The highest BCUT2D eigenvalue weighted by molar-refractivity contribution is 5.01. The Kier molecular flexibility index (Phi) is 2.39. The van der Waals surface area contributed by atoms with E-state index in [0.29, 0.717) is 6.10 Å². The maximum absolute atomic E-state index is 6.23. The molecular formula is C12H22O. The zero-order chi connectivity index (χ0) is 9.47. The Balaban J connectivity index is 2.24. The number of rotatable bonds is 2. The van der Waals surface area contributed by atoms with Crippen LogP contribution in [0.15, 0.2) is 0 Å². The predicted molar refractivity (Wildman–Crippen MR) is 54.7 cm³/mol. The van der Waals surface area contributed by atoms with Crippen LogP contribution in [0.3, 0.4) is 0 Å². The summed E-state index contributed by atoms with van der Waals surface area (Å²) in [6, 6.07) is 0. The van der Waals surface area contributed by atoms with E-state index in [1.54, 1.807) is 0 Å². The van der Waals surface area contributed by atoms with E-state index in [0.717, 1.165) is 11.8 Å². The van der Waals surface area contributed by atoms with Crippen LogP contribution in [0.4, 0.5) is 0 Å². The molecule has 0 N–H and O–H groups in total. The predicted octanol–water partition coefficient (Wildman–Crippen LogP) is 3.38. The molecule has 2 bridgehead atoms. The van der Waals surface area contributed by atoms with Crippen LogP contribution >= 0.6 is 0 Å². The first kappa shape index (κ1) is 9.51. The first-order valence-electron chi connectivity index (χ1n) is 5.91. The molecule has 0 aromatic heterocycles. The normalized spacial score (nSPS) is 49.6. The standard InChI is InChI=1S/C12H22O/c1-4-11-10-7-6-8-12(11,5-2)13-9(10)3/h9-11H,4-8H2,1-3H3. The van der Waals surface area contributed by atoms with Gasteiger partial charge >= 0.3 is 0 Å². The van der Waals surface area contributed by atoms with Gasteiger partial charge in [0.25, 0.3) is 0 Å². The van der Waals surface area contributed by atoms with Gasteiger partial charge in [-0.3, -0.25) is 0 Å². The second-order valence-corrected chi connectivity index (χ2v) is 4.81. The molecule has 2 fully saturated rings. The lowest BCUT2D eigenvalue weighted by Gasteiger charge is -2.38. The van der Waals surface area contributed by atoms with Gasteiger partial charge in [0.2, 0.25) is 0 Å². The minimum atomic E-state index is 0.275. The number of fused-ring (bicyclic) bond motifs is 2. The van der Waals surface area contributed by atoms with E-state index < -0.39 is 0 Å². The van der Waals surface area contributed by atoms with Crippen molar-refractivity contribution >= 4 is 0 Å². The SMILES string of the molecule is CCC1C2CCCC1(CC)OC2C. The van der Waals surface area contributed by atoms with Gasteiger partial charge in [-0.05, 0) is 38.0 Å². The van der Waals surface area contributed by atoms with Gasteiger partial charge in [0.05, 0.1) is 11.7 Å². The minimum absolute atomic E-state index is 0.275. The molecule has 1 heteroatoms. The van der Waals surface area contributed by atoms with Crippen LogP contribution in [-0.4, -0.2) is 11.7 Å². The number of hydrogen-bond acceptors (Lipinski definition) is 1. The van der Waals surface area contributed by atoms with Crippen LogP contribution < -0.4 is 0 Å². The molecule has 1 aliphatic carbocycles. The summed E-state index contributed by atoms with van der Waals surface area (Å²) < 4.78 is 6.23. The summed E-state index contributed by atoms with van der Waals surface area (Å²) in [7, 11) is 0. The fourth-order valence-corrected chi connectivity index (χ4v) is 3.78. The minimum Gasteiger partial charge on any atom is -0.371 e. The molecule has 2 rings (SSSR count). The van der Waals surface area contributed by atoms with Gasteiger partial charge in [0.1, 0.15) is 0 Å². The number of ether oxygens (including phenoxy) is 1. The first-order chi connectivity index (χ1) is 6.23. The van der Waals surface area contributed by atoms with Gasteiger partial charge in [-0.15, -0.1) is 0 Å². The Bertz CT molecular complexity index is 190. The molecule has 76 valence electrons. The molecule has 0 radical (unpaired) electrons. The summed E-state index contributed by atoms with van der Waals surface area (Å²) in [6.45, 7) is 6.90. The van der Waals surface area contributed by atoms with E-state index in [2.05, 4.69) is 20.8 Å². The maximum atomic E-state index is 6.23. The van der Waals surface area contributed by atoms with E-state index in [9.17, 15) is 0 Å². The molecule has 4 atom stereocenters. The Morgan fingerprint density at radius 2 is 2.15 bits per heavy atom. The van der Waals surface area contributed by atoms with E-state index in [-0.39, 0.29) is 5.60 Å². The molecule has 0 aromatic rings. The first-order valence-corrected chi connectivity index (χ1v) is 5.91. The highest BCUT2D eigenvalue weighted by atomic mass is 16.5. The van der Waals surface area contributed by atoms with Gasteiger partial charge in [-0.1, -0.05) is 26.7 Å².